The van der Waals surface area contributed by atoms with Gasteiger partial charge in [0.15, 0.2) is 9.84 Å². The molecule has 0 unspecified atom stereocenters. The Morgan fingerprint density at radius 2 is 1.95 bits per heavy atom. The number of carbonyl (C=O) groups is 1. The Kier molecular flexibility index (Phi) is 5.02. The van der Waals surface area contributed by atoms with Gasteiger partial charge in [0.1, 0.15) is 11.1 Å². The molecule has 8 heteroatoms. The van der Waals surface area contributed by atoms with Gasteiger partial charge in [-0.1, -0.05) is 0 Å². The molecule has 0 saturated carbocycles. The van der Waals surface area contributed by atoms with Crippen molar-refractivity contribution in [3.63, 3.8) is 0 Å². The number of nitrogens with one attached hydrogen (secondary N) is 1. The number of morpholine rings is 1. The Morgan fingerprint density at radius 3 is 2.55 bits per heavy atom. The molecule has 0 radical (unpaired) electrons. The molecule has 122 valence electrons. The fraction of sp³-hybridized carbons (Fsp3) is 0.500. The number of nitrogens with zero attached hydrogens (tertiary/aromatic N) is 1. The third kappa shape index (κ3) is 4.17. The zero-order chi connectivity index (χ0) is 16.3. The van der Waals surface area contributed by atoms with Crippen molar-refractivity contribution in [1.82, 2.24) is 0 Å². The van der Waals surface area contributed by atoms with Gasteiger partial charge in [0, 0.05) is 30.7 Å². The van der Waals surface area contributed by atoms with Gasteiger partial charge in [0.25, 0.3) is 0 Å². The van der Waals surface area contributed by atoms with Gasteiger partial charge in [-0.25, -0.2) is 12.8 Å². The van der Waals surface area contributed by atoms with Crippen LogP contribution in [0.15, 0.2) is 18.2 Å². The van der Waals surface area contributed by atoms with Crippen molar-refractivity contribution in [3.05, 3.63) is 24.0 Å². The molecule has 1 aromatic rings. The molecule has 1 aromatic carbocycles. The first-order valence-electron chi connectivity index (χ1n) is 6.90. The summed E-state index contributed by atoms with van der Waals surface area (Å²) in [7, 11) is -3.50. The van der Waals surface area contributed by atoms with Crippen LogP contribution in [0.5, 0.6) is 0 Å². The lowest BCUT2D eigenvalue weighted by Gasteiger charge is -2.29. The van der Waals surface area contributed by atoms with Gasteiger partial charge in [0.05, 0.1) is 13.2 Å². The maximum Gasteiger partial charge on any atom is 0.242 e. The first-order valence-corrected chi connectivity index (χ1v) is 8.86. The quantitative estimate of drug-likeness (QED) is 0.892. The van der Waals surface area contributed by atoms with Gasteiger partial charge in [-0.05, 0) is 25.1 Å². The van der Waals surface area contributed by atoms with E-state index in [4.69, 9.17) is 4.74 Å². The fourth-order valence-electron chi connectivity index (χ4n) is 2.09. The predicted molar refractivity (Wildman–Crippen MR) is 82.4 cm³/mol. The predicted octanol–water partition coefficient (Wildman–Crippen LogP) is 1.03. The lowest BCUT2D eigenvalue weighted by Crippen LogP contribution is -2.36. The third-order valence-electron chi connectivity index (χ3n) is 3.54. The smallest absolute Gasteiger partial charge is 0.242 e. The summed E-state index contributed by atoms with van der Waals surface area (Å²) in [6, 6.07) is 4.17. The Bertz CT molecular complexity index is 657. The molecule has 1 aliphatic rings. The van der Waals surface area contributed by atoms with Crippen LogP contribution in [0.3, 0.4) is 0 Å². The molecule has 1 aliphatic heterocycles. The van der Waals surface area contributed by atoms with Crippen LogP contribution >= 0.6 is 0 Å². The topological polar surface area (TPSA) is 75.7 Å². The molecule has 1 N–H and O–H groups in total. The van der Waals surface area contributed by atoms with E-state index in [1.807, 2.05) is 4.90 Å². The van der Waals surface area contributed by atoms with Crippen molar-refractivity contribution in [2.45, 2.75) is 12.2 Å². The Hall–Kier alpha value is -1.67. The van der Waals surface area contributed by atoms with Gasteiger partial charge in [-0.2, -0.15) is 0 Å². The van der Waals surface area contributed by atoms with E-state index >= 15 is 0 Å². The SMILES string of the molecule is C[C@H](C(=O)Nc1cc(F)cc(N2CCOCC2)c1)S(C)(=O)=O. The zero-order valence-corrected chi connectivity index (χ0v) is 13.3. The number of anilines is 2. The molecule has 6 nitrogen and oxygen atoms in total. The van der Waals surface area contributed by atoms with Crippen LogP contribution in [-0.2, 0) is 19.4 Å². The van der Waals surface area contributed by atoms with E-state index in [1.165, 1.54) is 13.0 Å². The number of ether oxygens (including phenoxy) is 1. The molecule has 0 aliphatic carbocycles. The number of sulfone groups is 1. The van der Waals surface area contributed by atoms with E-state index in [0.29, 0.717) is 32.0 Å². The summed E-state index contributed by atoms with van der Waals surface area (Å²) >= 11 is 0. The van der Waals surface area contributed by atoms with Gasteiger partial charge >= 0.3 is 0 Å². The van der Waals surface area contributed by atoms with Crippen LogP contribution in [0.1, 0.15) is 6.92 Å². The number of amides is 1. The number of halogens is 1. The molecule has 1 amide bonds. The summed E-state index contributed by atoms with van der Waals surface area (Å²) in [5.41, 5.74) is 0.868. The molecule has 22 heavy (non-hydrogen) atoms. The molecule has 1 fully saturated rings. The summed E-state index contributed by atoms with van der Waals surface area (Å²) in [5.74, 6) is -1.17. The van der Waals surface area contributed by atoms with Crippen molar-refractivity contribution < 1.29 is 22.3 Å². The van der Waals surface area contributed by atoms with Crippen molar-refractivity contribution in [2.75, 3.05) is 42.8 Å². The highest BCUT2D eigenvalue weighted by Gasteiger charge is 2.24. The van der Waals surface area contributed by atoms with Crippen LogP contribution in [0.25, 0.3) is 0 Å². The van der Waals surface area contributed by atoms with Crippen LogP contribution < -0.4 is 10.2 Å². The van der Waals surface area contributed by atoms with E-state index in [2.05, 4.69) is 5.32 Å². The molecule has 0 aromatic heterocycles. The summed E-state index contributed by atoms with van der Waals surface area (Å²) in [4.78, 5) is 13.9. The van der Waals surface area contributed by atoms with Crippen molar-refractivity contribution >= 4 is 27.1 Å². The van der Waals surface area contributed by atoms with E-state index in [-0.39, 0.29) is 5.69 Å². The molecule has 0 bridgehead atoms. The van der Waals surface area contributed by atoms with E-state index in [1.54, 1.807) is 6.07 Å². The lowest BCUT2D eigenvalue weighted by molar-refractivity contribution is -0.115. The minimum absolute atomic E-state index is 0.238. The van der Waals surface area contributed by atoms with Crippen molar-refractivity contribution in [2.24, 2.45) is 0 Å². The number of carbonyl (C=O) groups excluding carboxylic acids is 1. The molecule has 2 rings (SSSR count). The molecule has 1 atom stereocenters. The maximum atomic E-state index is 13.7. The summed E-state index contributed by atoms with van der Waals surface area (Å²) in [5, 5.41) is 1.26. The van der Waals surface area contributed by atoms with Crippen molar-refractivity contribution in [1.29, 1.82) is 0 Å². The van der Waals surface area contributed by atoms with E-state index in [0.717, 1.165) is 12.3 Å². The number of rotatable bonds is 4. The second-order valence-corrected chi connectivity index (χ2v) is 7.62. The lowest BCUT2D eigenvalue weighted by atomic mass is 10.2. The molecule has 1 saturated heterocycles. The monoisotopic (exact) mass is 330 g/mol. The molecular weight excluding hydrogens is 311 g/mol. The Labute approximate surface area is 129 Å². The highest BCUT2D eigenvalue weighted by molar-refractivity contribution is 7.92. The first-order chi connectivity index (χ1) is 10.3. The van der Waals surface area contributed by atoms with E-state index < -0.39 is 26.8 Å². The van der Waals surface area contributed by atoms with Gasteiger partial charge in [0.2, 0.25) is 5.91 Å². The average Bonchev–Trinajstić information content (AvgIpc) is 2.45. The van der Waals surface area contributed by atoms with Crippen LogP contribution in [-0.4, -0.2) is 52.1 Å². The average molecular weight is 330 g/mol. The summed E-state index contributed by atoms with van der Waals surface area (Å²) < 4.78 is 41.8. The Balaban J connectivity index is 2.17. The summed E-state index contributed by atoms with van der Waals surface area (Å²) in [6.45, 7) is 3.69. The molecule has 0 spiro atoms. The van der Waals surface area contributed by atoms with Crippen LogP contribution in [0.4, 0.5) is 15.8 Å². The summed E-state index contributed by atoms with van der Waals surface area (Å²) in [6.07, 6.45) is 0.988. The van der Waals surface area contributed by atoms with Gasteiger partial charge in [-0.3, -0.25) is 4.79 Å². The fourth-order valence-corrected chi connectivity index (χ4v) is 2.54. The first kappa shape index (κ1) is 16.7. The second-order valence-electron chi connectivity index (χ2n) is 5.26. The standard InChI is InChI=1S/C14H19FN2O4S/c1-10(22(2,19)20)14(18)16-12-7-11(15)8-13(9-12)17-3-5-21-6-4-17/h7-10H,3-6H2,1-2H3,(H,16,18)/t10-/m1/s1. The van der Waals surface area contributed by atoms with Gasteiger partial charge < -0.3 is 15.0 Å². The van der Waals surface area contributed by atoms with Crippen molar-refractivity contribution in [3.8, 4) is 0 Å². The zero-order valence-electron chi connectivity index (χ0n) is 12.5. The maximum absolute atomic E-state index is 13.7. The van der Waals surface area contributed by atoms with Crippen LogP contribution in [0, 0.1) is 5.82 Å². The van der Waals surface area contributed by atoms with Crippen LogP contribution in [0.2, 0.25) is 0 Å². The number of benzene rings is 1. The largest absolute Gasteiger partial charge is 0.378 e. The molecular formula is C14H19FN2O4S. The van der Waals surface area contributed by atoms with E-state index in [9.17, 15) is 17.6 Å². The third-order valence-corrected chi connectivity index (χ3v) is 5.04. The minimum Gasteiger partial charge on any atom is -0.378 e. The number of hydrogen-bond donors (Lipinski definition) is 1. The Morgan fingerprint density at radius 1 is 1.32 bits per heavy atom. The molecule has 1 heterocycles. The van der Waals surface area contributed by atoms with Gasteiger partial charge in [-0.15, -0.1) is 0 Å². The highest BCUT2D eigenvalue weighted by Crippen LogP contribution is 2.23. The highest BCUT2D eigenvalue weighted by atomic mass is 32.2. The second kappa shape index (κ2) is 6.62. The minimum atomic E-state index is -3.50. The number of hydrogen-bond acceptors (Lipinski definition) is 5. The normalized spacial score (nSPS) is 17.1.